The van der Waals surface area contributed by atoms with Gasteiger partial charge in [0, 0.05) is 25.6 Å². The highest BCUT2D eigenvalue weighted by atomic mass is 16.5. The lowest BCUT2D eigenvalue weighted by atomic mass is 10.1. The zero-order valence-electron chi connectivity index (χ0n) is 12.4. The molecule has 110 valence electrons. The van der Waals surface area contributed by atoms with Gasteiger partial charge in [0.1, 0.15) is 12.4 Å². The van der Waals surface area contributed by atoms with Crippen molar-refractivity contribution in [3.63, 3.8) is 0 Å². The Kier molecular flexibility index (Phi) is 6.80. The zero-order chi connectivity index (χ0) is 14.3. The van der Waals surface area contributed by atoms with Crippen LogP contribution in [0, 0.1) is 5.92 Å². The number of amides is 1. The maximum absolute atomic E-state index is 11.7. The third-order valence-corrected chi connectivity index (χ3v) is 2.82. The highest BCUT2D eigenvalue weighted by molar-refractivity contribution is 5.93. The standard InChI is InChI=1S/C13H25N3O3/c1-11(2)12(16-6-8-18-9-7-16)14-13(17)19-10-5-15(3)4/h11H,5-10H2,1-4H3/b14-12-. The predicted octanol–water partition coefficient (Wildman–Crippen LogP) is 1.07. The lowest BCUT2D eigenvalue weighted by Crippen LogP contribution is -2.43. The first-order chi connectivity index (χ1) is 9.00. The minimum Gasteiger partial charge on any atom is -0.447 e. The molecule has 1 saturated heterocycles. The van der Waals surface area contributed by atoms with Crippen LogP contribution in [0.15, 0.2) is 4.99 Å². The van der Waals surface area contributed by atoms with Gasteiger partial charge in [-0.25, -0.2) is 4.79 Å². The van der Waals surface area contributed by atoms with Gasteiger partial charge in [-0.05, 0) is 14.1 Å². The van der Waals surface area contributed by atoms with Gasteiger partial charge >= 0.3 is 6.09 Å². The van der Waals surface area contributed by atoms with Crippen LogP contribution in [0.25, 0.3) is 0 Å². The van der Waals surface area contributed by atoms with Gasteiger partial charge in [-0.2, -0.15) is 4.99 Å². The van der Waals surface area contributed by atoms with Crippen LogP contribution in [0.1, 0.15) is 13.8 Å². The summed E-state index contributed by atoms with van der Waals surface area (Å²) in [6.07, 6.45) is -0.503. The number of nitrogens with zero attached hydrogens (tertiary/aromatic N) is 3. The molecule has 1 fully saturated rings. The van der Waals surface area contributed by atoms with Crippen molar-refractivity contribution >= 4 is 11.9 Å². The van der Waals surface area contributed by atoms with E-state index < -0.39 is 6.09 Å². The smallest absolute Gasteiger partial charge is 0.435 e. The van der Waals surface area contributed by atoms with Crippen molar-refractivity contribution in [3.05, 3.63) is 0 Å². The molecule has 0 aromatic rings. The number of rotatable bonds is 4. The fourth-order valence-electron chi connectivity index (χ4n) is 1.80. The molecule has 1 amide bonds. The monoisotopic (exact) mass is 271 g/mol. The van der Waals surface area contributed by atoms with E-state index >= 15 is 0 Å². The molecule has 1 rings (SSSR count). The van der Waals surface area contributed by atoms with Gasteiger partial charge in [-0.3, -0.25) is 0 Å². The van der Waals surface area contributed by atoms with Crippen LogP contribution in [-0.2, 0) is 9.47 Å². The van der Waals surface area contributed by atoms with Gasteiger partial charge in [0.15, 0.2) is 0 Å². The van der Waals surface area contributed by atoms with Crippen LogP contribution in [0.3, 0.4) is 0 Å². The summed E-state index contributed by atoms with van der Waals surface area (Å²) in [6.45, 7) is 8.05. The minimum absolute atomic E-state index is 0.194. The molecule has 19 heavy (non-hydrogen) atoms. The molecular weight excluding hydrogens is 246 g/mol. The zero-order valence-corrected chi connectivity index (χ0v) is 12.4. The summed E-state index contributed by atoms with van der Waals surface area (Å²) in [5.41, 5.74) is 0. The summed E-state index contributed by atoms with van der Waals surface area (Å²) < 4.78 is 10.4. The molecule has 0 spiro atoms. The Morgan fingerprint density at radius 3 is 2.53 bits per heavy atom. The molecule has 1 heterocycles. The van der Waals surface area contributed by atoms with Crippen molar-refractivity contribution in [1.29, 1.82) is 0 Å². The topological polar surface area (TPSA) is 54.4 Å². The normalized spacial score (nSPS) is 17.2. The number of carbonyl (C=O) groups is 1. The summed E-state index contributed by atoms with van der Waals surface area (Å²) >= 11 is 0. The lowest BCUT2D eigenvalue weighted by Gasteiger charge is -2.31. The summed E-state index contributed by atoms with van der Waals surface area (Å²) in [5, 5.41) is 0. The highest BCUT2D eigenvalue weighted by Gasteiger charge is 2.19. The van der Waals surface area contributed by atoms with Gasteiger partial charge in [0.05, 0.1) is 13.2 Å². The Bertz CT molecular complexity index is 310. The van der Waals surface area contributed by atoms with E-state index in [0.29, 0.717) is 26.4 Å². The summed E-state index contributed by atoms with van der Waals surface area (Å²) in [6, 6.07) is 0. The van der Waals surface area contributed by atoms with E-state index in [1.165, 1.54) is 0 Å². The van der Waals surface area contributed by atoms with Crippen molar-refractivity contribution < 1.29 is 14.3 Å². The molecule has 0 saturated carbocycles. The molecular formula is C13H25N3O3. The molecule has 0 aromatic heterocycles. The Hall–Kier alpha value is -1.14. The van der Waals surface area contributed by atoms with E-state index in [1.54, 1.807) is 0 Å². The van der Waals surface area contributed by atoms with Crippen molar-refractivity contribution in [2.75, 3.05) is 53.6 Å². The molecule has 1 aliphatic rings. The molecule has 6 nitrogen and oxygen atoms in total. The van der Waals surface area contributed by atoms with Gasteiger partial charge in [-0.15, -0.1) is 0 Å². The second-order valence-corrected chi connectivity index (χ2v) is 5.14. The van der Waals surface area contributed by atoms with Gasteiger partial charge in [0.2, 0.25) is 0 Å². The van der Waals surface area contributed by atoms with E-state index in [1.807, 2.05) is 32.8 Å². The Morgan fingerprint density at radius 2 is 2.00 bits per heavy atom. The lowest BCUT2D eigenvalue weighted by molar-refractivity contribution is 0.0659. The van der Waals surface area contributed by atoms with Crippen LogP contribution in [0.5, 0.6) is 0 Å². The van der Waals surface area contributed by atoms with E-state index in [4.69, 9.17) is 9.47 Å². The SMILES string of the molecule is CC(C)/C(=N/C(=O)OCCN(C)C)N1CCOCC1. The molecule has 0 N–H and O–H groups in total. The Labute approximate surface area is 115 Å². The first kappa shape index (κ1) is 15.9. The fourth-order valence-corrected chi connectivity index (χ4v) is 1.80. The van der Waals surface area contributed by atoms with E-state index in [2.05, 4.69) is 9.89 Å². The van der Waals surface area contributed by atoms with E-state index in [9.17, 15) is 4.79 Å². The maximum Gasteiger partial charge on any atom is 0.435 e. The number of hydrogen-bond donors (Lipinski definition) is 0. The number of ether oxygens (including phenoxy) is 2. The van der Waals surface area contributed by atoms with Crippen LogP contribution in [0.2, 0.25) is 0 Å². The maximum atomic E-state index is 11.7. The first-order valence-electron chi connectivity index (χ1n) is 6.73. The summed E-state index contributed by atoms with van der Waals surface area (Å²) in [7, 11) is 3.87. The van der Waals surface area contributed by atoms with Crippen molar-refractivity contribution in [2.24, 2.45) is 10.9 Å². The molecule has 6 heteroatoms. The average molecular weight is 271 g/mol. The third kappa shape index (κ3) is 6.02. The van der Waals surface area contributed by atoms with Crippen LogP contribution >= 0.6 is 0 Å². The molecule has 0 radical (unpaired) electrons. The number of likely N-dealkylation sites (N-methyl/N-ethyl adjacent to an activating group) is 1. The van der Waals surface area contributed by atoms with Crippen molar-refractivity contribution in [2.45, 2.75) is 13.8 Å². The van der Waals surface area contributed by atoms with Crippen molar-refractivity contribution in [3.8, 4) is 0 Å². The predicted molar refractivity (Wildman–Crippen MR) is 74.6 cm³/mol. The average Bonchev–Trinajstić information content (AvgIpc) is 2.36. The highest BCUT2D eigenvalue weighted by Crippen LogP contribution is 2.08. The van der Waals surface area contributed by atoms with E-state index in [-0.39, 0.29) is 5.92 Å². The number of aliphatic imine (C=N–C) groups is 1. The Morgan fingerprint density at radius 1 is 1.37 bits per heavy atom. The quantitative estimate of drug-likeness (QED) is 0.565. The summed E-state index contributed by atoms with van der Waals surface area (Å²) in [4.78, 5) is 19.9. The van der Waals surface area contributed by atoms with Gasteiger partial charge in [0.25, 0.3) is 0 Å². The molecule has 0 aliphatic carbocycles. The minimum atomic E-state index is -0.503. The number of hydrogen-bond acceptors (Lipinski definition) is 4. The molecule has 1 aliphatic heterocycles. The summed E-state index contributed by atoms with van der Waals surface area (Å²) in [5.74, 6) is 0.984. The van der Waals surface area contributed by atoms with E-state index in [0.717, 1.165) is 18.9 Å². The molecule has 0 atom stereocenters. The largest absolute Gasteiger partial charge is 0.447 e. The second kappa shape index (κ2) is 8.12. The number of amidine groups is 1. The second-order valence-electron chi connectivity index (χ2n) is 5.14. The first-order valence-corrected chi connectivity index (χ1v) is 6.73. The molecule has 0 bridgehead atoms. The fraction of sp³-hybridized carbons (Fsp3) is 0.846. The number of carbonyl (C=O) groups excluding carboxylic acids is 1. The van der Waals surface area contributed by atoms with Gasteiger partial charge in [-0.1, -0.05) is 13.8 Å². The van der Waals surface area contributed by atoms with Crippen LogP contribution in [0.4, 0.5) is 4.79 Å². The number of morpholine rings is 1. The Balaban J connectivity index is 2.53. The van der Waals surface area contributed by atoms with Crippen molar-refractivity contribution in [1.82, 2.24) is 9.80 Å². The third-order valence-electron chi connectivity index (χ3n) is 2.82. The molecule has 0 aromatic carbocycles. The molecule has 0 unspecified atom stereocenters. The van der Waals surface area contributed by atoms with Crippen LogP contribution in [-0.4, -0.2) is 75.3 Å². The van der Waals surface area contributed by atoms with Gasteiger partial charge < -0.3 is 19.3 Å². The van der Waals surface area contributed by atoms with Crippen LogP contribution < -0.4 is 0 Å².